The molecule has 1 aromatic carbocycles. The molecule has 0 fully saturated rings. The quantitative estimate of drug-likeness (QED) is 0.786. The zero-order valence-corrected chi connectivity index (χ0v) is 11.7. The van der Waals surface area contributed by atoms with E-state index in [2.05, 4.69) is 26.0 Å². The number of benzene rings is 1. The molecule has 17 heavy (non-hydrogen) atoms. The number of halogens is 2. The number of hydrogen-bond donors (Lipinski definition) is 2. The van der Waals surface area contributed by atoms with Crippen LogP contribution in [0.4, 0.5) is 10.1 Å². The topological polar surface area (TPSA) is 58.2 Å². The van der Waals surface area contributed by atoms with Crippen LogP contribution >= 0.6 is 15.9 Å². The van der Waals surface area contributed by atoms with Crippen LogP contribution in [0.5, 0.6) is 0 Å². The minimum Gasteiger partial charge on any atom is -0.316 e. The smallest absolute Gasteiger partial charge is 0.233 e. The second-order valence-corrected chi connectivity index (χ2v) is 6.10. The molecule has 0 aliphatic carbocycles. The summed E-state index contributed by atoms with van der Waals surface area (Å²) in [5, 5.41) is 2.91. The molecule has 0 heterocycles. The molecular formula is C10H14BrFN2O2S. The van der Waals surface area contributed by atoms with Gasteiger partial charge in [-0.1, -0.05) is 6.92 Å². The van der Waals surface area contributed by atoms with E-state index < -0.39 is 15.8 Å². The minimum absolute atomic E-state index is 0.0431. The largest absolute Gasteiger partial charge is 0.316 e. The lowest BCUT2D eigenvalue weighted by Crippen LogP contribution is -2.26. The Hall–Kier alpha value is -0.660. The van der Waals surface area contributed by atoms with Crippen LogP contribution in [0, 0.1) is 5.82 Å². The maximum absolute atomic E-state index is 13.2. The van der Waals surface area contributed by atoms with E-state index in [1.54, 1.807) is 0 Å². The Kier molecular flexibility index (Phi) is 5.35. The molecule has 0 saturated carbocycles. The molecule has 0 bridgehead atoms. The first-order chi connectivity index (χ1) is 7.94. The first-order valence-corrected chi connectivity index (χ1v) is 7.55. The highest BCUT2D eigenvalue weighted by atomic mass is 79.9. The Bertz CT molecular complexity index is 479. The van der Waals surface area contributed by atoms with E-state index in [0.29, 0.717) is 17.6 Å². The average Bonchev–Trinajstić information content (AvgIpc) is 2.23. The van der Waals surface area contributed by atoms with E-state index in [-0.39, 0.29) is 11.4 Å². The number of anilines is 1. The van der Waals surface area contributed by atoms with Gasteiger partial charge in [-0.15, -0.1) is 0 Å². The van der Waals surface area contributed by atoms with Crippen molar-refractivity contribution >= 4 is 31.6 Å². The SMILES string of the molecule is CCNCCS(=O)(=O)Nc1ccc(Br)c(F)c1. The fourth-order valence-corrected chi connectivity index (χ4v) is 2.42. The van der Waals surface area contributed by atoms with Crippen molar-refractivity contribution in [3.8, 4) is 0 Å². The summed E-state index contributed by atoms with van der Waals surface area (Å²) in [6, 6.07) is 4.09. The van der Waals surface area contributed by atoms with E-state index in [9.17, 15) is 12.8 Å². The van der Waals surface area contributed by atoms with Gasteiger partial charge < -0.3 is 5.32 Å². The van der Waals surface area contributed by atoms with E-state index >= 15 is 0 Å². The number of hydrogen-bond acceptors (Lipinski definition) is 3. The van der Waals surface area contributed by atoms with Gasteiger partial charge in [-0.3, -0.25) is 4.72 Å². The van der Waals surface area contributed by atoms with E-state index in [0.717, 1.165) is 6.07 Å². The summed E-state index contributed by atoms with van der Waals surface area (Å²) in [6.45, 7) is 2.97. The highest BCUT2D eigenvalue weighted by Gasteiger charge is 2.10. The summed E-state index contributed by atoms with van der Waals surface area (Å²) >= 11 is 3.00. The summed E-state index contributed by atoms with van der Waals surface area (Å²) in [4.78, 5) is 0. The minimum atomic E-state index is -3.43. The van der Waals surface area contributed by atoms with Gasteiger partial charge in [0.05, 0.1) is 15.9 Å². The zero-order chi connectivity index (χ0) is 12.9. The summed E-state index contributed by atoms with van der Waals surface area (Å²) in [7, 11) is -3.43. The summed E-state index contributed by atoms with van der Waals surface area (Å²) in [5.41, 5.74) is 0.224. The number of nitrogens with one attached hydrogen (secondary N) is 2. The van der Waals surface area contributed by atoms with Gasteiger partial charge in [0, 0.05) is 6.54 Å². The third-order valence-electron chi connectivity index (χ3n) is 1.99. The van der Waals surface area contributed by atoms with Crippen LogP contribution in [0.3, 0.4) is 0 Å². The third-order valence-corrected chi connectivity index (χ3v) is 3.92. The molecule has 1 aromatic rings. The summed E-state index contributed by atoms with van der Waals surface area (Å²) in [5.74, 6) is -0.546. The van der Waals surface area contributed by atoms with E-state index in [1.165, 1.54) is 12.1 Å². The molecule has 0 amide bonds. The van der Waals surface area contributed by atoms with Gasteiger partial charge in [0.2, 0.25) is 10.0 Å². The monoisotopic (exact) mass is 324 g/mol. The van der Waals surface area contributed by atoms with Gasteiger partial charge in [-0.2, -0.15) is 0 Å². The normalized spacial score (nSPS) is 11.5. The highest BCUT2D eigenvalue weighted by Crippen LogP contribution is 2.19. The first kappa shape index (κ1) is 14.4. The van der Waals surface area contributed by atoms with Crippen molar-refractivity contribution in [2.75, 3.05) is 23.6 Å². The zero-order valence-electron chi connectivity index (χ0n) is 9.33. The average molecular weight is 325 g/mol. The van der Waals surface area contributed by atoms with Gasteiger partial charge in [0.25, 0.3) is 0 Å². The molecule has 7 heteroatoms. The van der Waals surface area contributed by atoms with Gasteiger partial charge in [0.15, 0.2) is 0 Å². The van der Waals surface area contributed by atoms with Crippen LogP contribution < -0.4 is 10.0 Å². The molecule has 0 aliphatic rings. The Labute approximate surface area is 109 Å². The first-order valence-electron chi connectivity index (χ1n) is 5.11. The standard InChI is InChI=1S/C10H14BrFN2O2S/c1-2-13-5-6-17(15,16)14-8-3-4-9(11)10(12)7-8/h3-4,7,13-14H,2,5-6H2,1H3. The molecule has 0 radical (unpaired) electrons. The third kappa shape index (κ3) is 5.01. The number of sulfonamides is 1. The predicted molar refractivity (Wildman–Crippen MR) is 70.1 cm³/mol. The molecule has 0 aliphatic heterocycles. The lowest BCUT2D eigenvalue weighted by atomic mass is 10.3. The Balaban J connectivity index is 2.66. The Morgan fingerprint density at radius 2 is 2.12 bits per heavy atom. The highest BCUT2D eigenvalue weighted by molar-refractivity contribution is 9.10. The van der Waals surface area contributed by atoms with Crippen LogP contribution in [0.25, 0.3) is 0 Å². The van der Waals surface area contributed by atoms with Crippen molar-refractivity contribution in [2.45, 2.75) is 6.92 Å². The van der Waals surface area contributed by atoms with Crippen molar-refractivity contribution in [3.63, 3.8) is 0 Å². The van der Waals surface area contributed by atoms with Crippen molar-refractivity contribution in [1.82, 2.24) is 5.32 Å². The molecule has 0 spiro atoms. The fraction of sp³-hybridized carbons (Fsp3) is 0.400. The molecule has 96 valence electrons. The maximum Gasteiger partial charge on any atom is 0.233 e. The van der Waals surface area contributed by atoms with E-state index in [1.807, 2.05) is 6.92 Å². The second-order valence-electron chi connectivity index (χ2n) is 3.40. The second kappa shape index (κ2) is 6.32. The van der Waals surface area contributed by atoms with Crippen LogP contribution in [-0.2, 0) is 10.0 Å². The van der Waals surface area contributed by atoms with Crippen LogP contribution in [0.2, 0.25) is 0 Å². The lowest BCUT2D eigenvalue weighted by Gasteiger charge is -2.08. The fourth-order valence-electron chi connectivity index (χ4n) is 1.17. The van der Waals surface area contributed by atoms with Crippen LogP contribution in [0.1, 0.15) is 6.92 Å². The molecule has 2 N–H and O–H groups in total. The van der Waals surface area contributed by atoms with Crippen LogP contribution in [0.15, 0.2) is 22.7 Å². The predicted octanol–water partition coefficient (Wildman–Crippen LogP) is 1.94. The maximum atomic E-state index is 13.2. The van der Waals surface area contributed by atoms with Crippen molar-refractivity contribution in [2.24, 2.45) is 0 Å². The van der Waals surface area contributed by atoms with Gasteiger partial charge in [-0.25, -0.2) is 12.8 Å². The summed E-state index contributed by atoms with van der Waals surface area (Å²) < 4.78 is 39.0. The molecule has 0 aromatic heterocycles. The van der Waals surface area contributed by atoms with Crippen LogP contribution in [-0.4, -0.2) is 27.3 Å². The van der Waals surface area contributed by atoms with Crippen molar-refractivity contribution < 1.29 is 12.8 Å². The van der Waals surface area contributed by atoms with Crippen molar-refractivity contribution in [3.05, 3.63) is 28.5 Å². The molecular weight excluding hydrogens is 311 g/mol. The van der Waals surface area contributed by atoms with E-state index in [4.69, 9.17) is 0 Å². The van der Waals surface area contributed by atoms with Gasteiger partial charge in [-0.05, 0) is 40.7 Å². The Morgan fingerprint density at radius 1 is 1.41 bits per heavy atom. The lowest BCUT2D eigenvalue weighted by molar-refractivity contribution is 0.597. The summed E-state index contributed by atoms with van der Waals surface area (Å²) in [6.07, 6.45) is 0. The molecule has 0 unspecified atom stereocenters. The molecule has 1 rings (SSSR count). The van der Waals surface area contributed by atoms with Crippen molar-refractivity contribution in [1.29, 1.82) is 0 Å². The Morgan fingerprint density at radius 3 is 2.71 bits per heavy atom. The van der Waals surface area contributed by atoms with Gasteiger partial charge >= 0.3 is 0 Å². The van der Waals surface area contributed by atoms with Gasteiger partial charge in [0.1, 0.15) is 5.82 Å². The number of rotatable bonds is 6. The molecule has 4 nitrogen and oxygen atoms in total. The molecule has 0 atom stereocenters. The molecule has 0 saturated heterocycles.